The maximum atomic E-state index is 11.7. The van der Waals surface area contributed by atoms with Gasteiger partial charge in [0.25, 0.3) is 0 Å². The molecule has 0 aliphatic rings. The molecule has 0 aliphatic heterocycles. The van der Waals surface area contributed by atoms with Gasteiger partial charge in [-0.05, 0) is 43.7 Å². The predicted octanol–water partition coefficient (Wildman–Crippen LogP) is 1.49. The lowest BCUT2D eigenvalue weighted by atomic mass is 10.0. The molecular weight excluding hydrogens is 228 g/mol. The van der Waals surface area contributed by atoms with Gasteiger partial charge in [-0.1, -0.05) is 6.07 Å². The van der Waals surface area contributed by atoms with Crippen molar-refractivity contribution in [2.45, 2.75) is 20.4 Å². The molecule has 0 saturated carbocycles. The number of benzene rings is 1. The second-order valence-electron chi connectivity index (χ2n) is 4.53. The fraction of sp³-hybridized carbons (Fsp3) is 0.500. The van der Waals surface area contributed by atoms with E-state index in [1.165, 1.54) is 0 Å². The minimum absolute atomic E-state index is 0.0883. The summed E-state index contributed by atoms with van der Waals surface area (Å²) in [6.45, 7) is 5.03. The minimum Gasteiger partial charge on any atom is -0.496 e. The Bertz CT molecular complexity index is 430. The second kappa shape index (κ2) is 6.40. The number of hydrogen-bond donors (Lipinski definition) is 1. The molecule has 0 heterocycles. The summed E-state index contributed by atoms with van der Waals surface area (Å²) < 4.78 is 5.28. The molecule has 1 aromatic carbocycles. The Morgan fingerprint density at radius 3 is 2.56 bits per heavy atom. The highest BCUT2D eigenvalue weighted by atomic mass is 16.5. The number of amides is 1. The summed E-state index contributed by atoms with van der Waals surface area (Å²) in [6, 6.07) is 4.10. The summed E-state index contributed by atoms with van der Waals surface area (Å²) in [6.07, 6.45) is 0. The van der Waals surface area contributed by atoms with Gasteiger partial charge in [-0.25, -0.2) is 0 Å². The first-order valence-corrected chi connectivity index (χ1v) is 6.02. The van der Waals surface area contributed by atoms with Crippen LogP contribution in [0.4, 0.5) is 0 Å². The molecule has 1 aromatic rings. The Labute approximate surface area is 109 Å². The van der Waals surface area contributed by atoms with Gasteiger partial charge >= 0.3 is 0 Å². The van der Waals surface area contributed by atoms with E-state index >= 15 is 0 Å². The smallest absolute Gasteiger partial charge is 0.236 e. The molecule has 0 unspecified atom stereocenters. The lowest BCUT2D eigenvalue weighted by Gasteiger charge is -2.19. The summed E-state index contributed by atoms with van der Waals surface area (Å²) in [5, 5.41) is 2.87. The zero-order chi connectivity index (χ0) is 13.7. The Morgan fingerprint density at radius 2 is 2.00 bits per heavy atom. The van der Waals surface area contributed by atoms with Gasteiger partial charge in [0.15, 0.2) is 0 Å². The molecule has 0 saturated heterocycles. The topological polar surface area (TPSA) is 41.6 Å². The summed E-state index contributed by atoms with van der Waals surface area (Å²) in [5.41, 5.74) is 3.38. The molecule has 0 fully saturated rings. The summed E-state index contributed by atoms with van der Waals surface area (Å²) in [7, 11) is 5.26. The summed E-state index contributed by atoms with van der Waals surface area (Å²) >= 11 is 0. The van der Waals surface area contributed by atoms with Crippen LogP contribution in [0.3, 0.4) is 0 Å². The zero-order valence-electron chi connectivity index (χ0n) is 11.8. The third kappa shape index (κ3) is 3.47. The Hall–Kier alpha value is -1.55. The SMILES string of the molecule is CNCC(=O)N(C)Cc1cc(C)c(OC)cc1C. The number of nitrogens with one attached hydrogen (secondary N) is 1. The second-order valence-corrected chi connectivity index (χ2v) is 4.53. The van der Waals surface area contributed by atoms with Crippen LogP contribution in [0.2, 0.25) is 0 Å². The van der Waals surface area contributed by atoms with E-state index in [0.29, 0.717) is 13.1 Å². The number of carbonyl (C=O) groups is 1. The molecule has 1 rings (SSSR count). The molecule has 4 nitrogen and oxygen atoms in total. The molecule has 4 heteroatoms. The van der Waals surface area contributed by atoms with Crippen LogP contribution in [-0.4, -0.2) is 38.6 Å². The number of carbonyl (C=O) groups excluding carboxylic acids is 1. The molecule has 100 valence electrons. The maximum Gasteiger partial charge on any atom is 0.236 e. The van der Waals surface area contributed by atoms with Crippen LogP contribution >= 0.6 is 0 Å². The third-order valence-electron chi connectivity index (χ3n) is 3.01. The molecule has 0 bridgehead atoms. The highest BCUT2D eigenvalue weighted by Gasteiger charge is 2.11. The van der Waals surface area contributed by atoms with Gasteiger partial charge in [-0.3, -0.25) is 4.79 Å². The number of rotatable bonds is 5. The van der Waals surface area contributed by atoms with Gasteiger partial charge in [0.05, 0.1) is 13.7 Å². The molecule has 0 atom stereocenters. The van der Waals surface area contributed by atoms with Crippen LogP contribution in [-0.2, 0) is 11.3 Å². The largest absolute Gasteiger partial charge is 0.496 e. The van der Waals surface area contributed by atoms with Crippen molar-refractivity contribution in [3.8, 4) is 5.75 Å². The molecule has 0 aromatic heterocycles. The van der Waals surface area contributed by atoms with E-state index in [2.05, 4.69) is 11.4 Å². The lowest BCUT2D eigenvalue weighted by molar-refractivity contribution is -0.129. The number of likely N-dealkylation sites (N-methyl/N-ethyl adjacent to an activating group) is 2. The number of aryl methyl sites for hydroxylation is 2. The van der Waals surface area contributed by atoms with Crippen molar-refractivity contribution >= 4 is 5.91 Å². The lowest BCUT2D eigenvalue weighted by Crippen LogP contribution is -2.33. The minimum atomic E-state index is 0.0883. The van der Waals surface area contributed by atoms with Gasteiger partial charge in [-0.15, -0.1) is 0 Å². The summed E-state index contributed by atoms with van der Waals surface area (Å²) in [5.74, 6) is 0.978. The van der Waals surface area contributed by atoms with Crippen LogP contribution in [0, 0.1) is 13.8 Å². The van der Waals surface area contributed by atoms with Crippen LogP contribution < -0.4 is 10.1 Å². The van der Waals surface area contributed by atoms with Crippen LogP contribution in [0.15, 0.2) is 12.1 Å². The van der Waals surface area contributed by atoms with Crippen molar-refractivity contribution in [2.75, 3.05) is 27.7 Å². The number of methoxy groups -OCH3 is 1. The molecule has 0 radical (unpaired) electrons. The molecule has 0 aliphatic carbocycles. The number of nitrogens with zero attached hydrogens (tertiary/aromatic N) is 1. The van der Waals surface area contributed by atoms with Gasteiger partial charge in [0.1, 0.15) is 5.75 Å². The normalized spacial score (nSPS) is 10.3. The first kappa shape index (κ1) is 14.5. The van der Waals surface area contributed by atoms with Gasteiger partial charge < -0.3 is 15.0 Å². The quantitative estimate of drug-likeness (QED) is 0.861. The van der Waals surface area contributed by atoms with E-state index in [1.807, 2.05) is 27.0 Å². The third-order valence-corrected chi connectivity index (χ3v) is 3.01. The van der Waals surface area contributed by atoms with Gasteiger partial charge in [0, 0.05) is 13.6 Å². The van der Waals surface area contributed by atoms with E-state index in [-0.39, 0.29) is 5.91 Å². The Kier molecular flexibility index (Phi) is 5.16. The van der Waals surface area contributed by atoms with Crippen molar-refractivity contribution in [1.82, 2.24) is 10.2 Å². The molecule has 1 amide bonds. The average Bonchev–Trinajstić information content (AvgIpc) is 2.33. The monoisotopic (exact) mass is 250 g/mol. The highest BCUT2D eigenvalue weighted by Crippen LogP contribution is 2.23. The first-order chi connectivity index (χ1) is 8.49. The van der Waals surface area contributed by atoms with E-state index in [9.17, 15) is 4.79 Å². The Morgan fingerprint density at radius 1 is 1.33 bits per heavy atom. The van der Waals surface area contributed by atoms with Crippen molar-refractivity contribution in [3.05, 3.63) is 28.8 Å². The summed E-state index contributed by atoms with van der Waals surface area (Å²) in [4.78, 5) is 13.4. The zero-order valence-corrected chi connectivity index (χ0v) is 11.8. The number of hydrogen-bond acceptors (Lipinski definition) is 3. The van der Waals surface area contributed by atoms with Crippen LogP contribution in [0.25, 0.3) is 0 Å². The van der Waals surface area contributed by atoms with E-state index in [0.717, 1.165) is 22.4 Å². The molecular formula is C14H22N2O2. The number of ether oxygens (including phenoxy) is 1. The fourth-order valence-electron chi connectivity index (χ4n) is 1.87. The average molecular weight is 250 g/mol. The van der Waals surface area contributed by atoms with Crippen molar-refractivity contribution in [3.63, 3.8) is 0 Å². The standard InChI is InChI=1S/C14H22N2O2/c1-10-7-13(18-5)11(2)6-12(10)9-16(4)14(17)8-15-3/h6-7,15H,8-9H2,1-5H3. The van der Waals surface area contributed by atoms with Crippen molar-refractivity contribution in [1.29, 1.82) is 0 Å². The molecule has 18 heavy (non-hydrogen) atoms. The van der Waals surface area contributed by atoms with Gasteiger partial charge in [0.2, 0.25) is 5.91 Å². The van der Waals surface area contributed by atoms with Crippen molar-refractivity contribution < 1.29 is 9.53 Å². The van der Waals surface area contributed by atoms with Crippen LogP contribution in [0.1, 0.15) is 16.7 Å². The van der Waals surface area contributed by atoms with Crippen LogP contribution in [0.5, 0.6) is 5.75 Å². The Balaban J connectivity index is 2.85. The maximum absolute atomic E-state index is 11.7. The molecule has 1 N–H and O–H groups in total. The van der Waals surface area contributed by atoms with Crippen molar-refractivity contribution in [2.24, 2.45) is 0 Å². The van der Waals surface area contributed by atoms with E-state index in [1.54, 1.807) is 19.1 Å². The van der Waals surface area contributed by atoms with Gasteiger partial charge in [-0.2, -0.15) is 0 Å². The molecule has 0 spiro atoms. The fourth-order valence-corrected chi connectivity index (χ4v) is 1.87. The first-order valence-electron chi connectivity index (χ1n) is 6.02. The van der Waals surface area contributed by atoms with E-state index < -0.39 is 0 Å². The highest BCUT2D eigenvalue weighted by molar-refractivity contribution is 5.77. The predicted molar refractivity (Wildman–Crippen MR) is 72.9 cm³/mol. The van der Waals surface area contributed by atoms with E-state index in [4.69, 9.17) is 4.74 Å².